The van der Waals surface area contributed by atoms with Crippen molar-refractivity contribution in [2.75, 3.05) is 18.4 Å². The van der Waals surface area contributed by atoms with E-state index in [0.29, 0.717) is 17.8 Å². The van der Waals surface area contributed by atoms with Gasteiger partial charge in [-0.05, 0) is 42.7 Å². The van der Waals surface area contributed by atoms with E-state index in [9.17, 15) is 9.59 Å². The van der Waals surface area contributed by atoms with Gasteiger partial charge in [0.1, 0.15) is 5.58 Å². The van der Waals surface area contributed by atoms with E-state index in [1.807, 2.05) is 37.4 Å². The number of pyridine rings is 1. The third-order valence-corrected chi connectivity index (χ3v) is 5.36. The highest BCUT2D eigenvalue weighted by molar-refractivity contribution is 6.11. The number of ketones is 1. The average molecular weight is 389 g/mol. The van der Waals surface area contributed by atoms with E-state index in [1.165, 1.54) is 12.5 Å². The summed E-state index contributed by atoms with van der Waals surface area (Å²) < 4.78 is 5.66. The average Bonchev–Trinajstić information content (AvgIpc) is 3.13. The SMILES string of the molecule is CC(=O)c1oc2ccccc2c1NC(=O)C(C)N1CC=C(c2cccnc2)CC1. The van der Waals surface area contributed by atoms with Crippen molar-refractivity contribution in [3.63, 3.8) is 0 Å². The molecule has 3 aromatic rings. The summed E-state index contributed by atoms with van der Waals surface area (Å²) in [6, 6.07) is 11.0. The second-order valence-corrected chi connectivity index (χ2v) is 7.24. The Hall–Kier alpha value is -3.25. The van der Waals surface area contributed by atoms with E-state index >= 15 is 0 Å². The van der Waals surface area contributed by atoms with E-state index in [2.05, 4.69) is 27.3 Å². The molecule has 0 fully saturated rings. The highest BCUT2D eigenvalue weighted by Crippen LogP contribution is 2.31. The third kappa shape index (κ3) is 3.84. The lowest BCUT2D eigenvalue weighted by atomic mass is 10.00. The van der Waals surface area contributed by atoms with Crippen molar-refractivity contribution < 1.29 is 14.0 Å². The van der Waals surface area contributed by atoms with Gasteiger partial charge in [0.2, 0.25) is 5.91 Å². The van der Waals surface area contributed by atoms with Crippen LogP contribution in [0.15, 0.2) is 59.3 Å². The Balaban J connectivity index is 1.50. The molecule has 1 unspecified atom stereocenters. The molecule has 1 aromatic carbocycles. The van der Waals surface area contributed by atoms with Crippen LogP contribution < -0.4 is 5.32 Å². The van der Waals surface area contributed by atoms with Crippen molar-refractivity contribution in [1.82, 2.24) is 9.88 Å². The molecule has 6 heteroatoms. The van der Waals surface area contributed by atoms with Crippen LogP contribution in [0.5, 0.6) is 0 Å². The van der Waals surface area contributed by atoms with Crippen LogP contribution in [0.2, 0.25) is 0 Å². The first-order chi connectivity index (χ1) is 14.0. The minimum atomic E-state index is -0.338. The molecule has 3 heterocycles. The first-order valence-corrected chi connectivity index (χ1v) is 9.71. The van der Waals surface area contributed by atoms with Crippen LogP contribution in [0.3, 0.4) is 0 Å². The topological polar surface area (TPSA) is 75.4 Å². The van der Waals surface area contributed by atoms with Gasteiger partial charge in [0, 0.05) is 37.8 Å². The number of hydrogen-bond acceptors (Lipinski definition) is 5. The Morgan fingerprint density at radius 2 is 2.03 bits per heavy atom. The van der Waals surface area contributed by atoms with Gasteiger partial charge >= 0.3 is 0 Å². The largest absolute Gasteiger partial charge is 0.451 e. The molecule has 4 rings (SSSR count). The summed E-state index contributed by atoms with van der Waals surface area (Å²) in [6.07, 6.45) is 6.64. The number of aromatic nitrogens is 1. The summed E-state index contributed by atoms with van der Waals surface area (Å²) in [5.74, 6) is -0.187. The predicted octanol–water partition coefficient (Wildman–Crippen LogP) is 4.15. The predicted molar refractivity (Wildman–Crippen MR) is 113 cm³/mol. The van der Waals surface area contributed by atoms with Crippen molar-refractivity contribution in [2.45, 2.75) is 26.3 Å². The van der Waals surface area contributed by atoms with Gasteiger partial charge in [0.05, 0.1) is 11.7 Å². The van der Waals surface area contributed by atoms with Gasteiger partial charge < -0.3 is 9.73 Å². The zero-order valence-corrected chi connectivity index (χ0v) is 16.5. The number of benzene rings is 1. The van der Waals surface area contributed by atoms with Crippen LogP contribution in [-0.4, -0.2) is 40.7 Å². The molecular weight excluding hydrogens is 366 g/mol. The number of anilines is 1. The zero-order valence-electron chi connectivity index (χ0n) is 16.5. The fourth-order valence-electron chi connectivity index (χ4n) is 3.66. The fraction of sp³-hybridized carbons (Fsp3) is 0.261. The molecule has 0 radical (unpaired) electrons. The second kappa shape index (κ2) is 8.01. The highest BCUT2D eigenvalue weighted by Gasteiger charge is 2.26. The Kier molecular flexibility index (Phi) is 5.27. The van der Waals surface area contributed by atoms with Crippen LogP contribution in [-0.2, 0) is 4.79 Å². The molecule has 6 nitrogen and oxygen atoms in total. The van der Waals surface area contributed by atoms with Gasteiger partial charge in [0.25, 0.3) is 0 Å². The fourth-order valence-corrected chi connectivity index (χ4v) is 3.66. The molecule has 148 valence electrons. The number of amides is 1. The summed E-state index contributed by atoms with van der Waals surface area (Å²) in [5.41, 5.74) is 3.41. The van der Waals surface area contributed by atoms with Gasteiger partial charge in [-0.1, -0.05) is 24.3 Å². The molecule has 1 aliphatic rings. The summed E-state index contributed by atoms with van der Waals surface area (Å²) in [6.45, 7) is 4.78. The molecule has 29 heavy (non-hydrogen) atoms. The molecule has 1 atom stereocenters. The first-order valence-electron chi connectivity index (χ1n) is 9.71. The maximum Gasteiger partial charge on any atom is 0.241 e. The minimum absolute atomic E-state index is 0.155. The highest BCUT2D eigenvalue weighted by atomic mass is 16.3. The summed E-state index contributed by atoms with van der Waals surface area (Å²) in [5, 5.41) is 3.66. The molecule has 0 spiro atoms. The second-order valence-electron chi connectivity index (χ2n) is 7.24. The van der Waals surface area contributed by atoms with Gasteiger partial charge in [-0.15, -0.1) is 0 Å². The number of furan rings is 1. The molecule has 0 bridgehead atoms. The van der Waals surface area contributed by atoms with Crippen molar-refractivity contribution >= 4 is 33.9 Å². The summed E-state index contributed by atoms with van der Waals surface area (Å²) in [7, 11) is 0. The molecule has 0 saturated carbocycles. The van der Waals surface area contributed by atoms with Crippen LogP contribution in [0, 0.1) is 0 Å². The Morgan fingerprint density at radius 1 is 1.21 bits per heavy atom. The summed E-state index contributed by atoms with van der Waals surface area (Å²) in [4.78, 5) is 31.2. The van der Waals surface area contributed by atoms with E-state index < -0.39 is 0 Å². The van der Waals surface area contributed by atoms with Gasteiger partial charge in [-0.25, -0.2) is 0 Å². The lowest BCUT2D eigenvalue weighted by molar-refractivity contribution is -0.120. The molecular formula is C23H23N3O3. The lowest BCUT2D eigenvalue weighted by Gasteiger charge is -2.31. The van der Waals surface area contributed by atoms with Crippen molar-refractivity contribution in [3.8, 4) is 0 Å². The molecule has 0 aliphatic carbocycles. The van der Waals surface area contributed by atoms with E-state index in [-0.39, 0.29) is 23.5 Å². The van der Waals surface area contributed by atoms with Gasteiger partial charge in [0.15, 0.2) is 11.5 Å². The summed E-state index contributed by atoms with van der Waals surface area (Å²) >= 11 is 0. The molecule has 2 aromatic heterocycles. The number of carbonyl (C=O) groups is 2. The maximum absolute atomic E-state index is 12.9. The van der Waals surface area contributed by atoms with Crippen molar-refractivity contribution in [1.29, 1.82) is 0 Å². The number of hydrogen-bond donors (Lipinski definition) is 1. The van der Waals surface area contributed by atoms with Crippen LogP contribution in [0.25, 0.3) is 16.5 Å². The number of fused-ring (bicyclic) bond motifs is 1. The van der Waals surface area contributed by atoms with Crippen molar-refractivity contribution in [3.05, 3.63) is 66.2 Å². The maximum atomic E-state index is 12.9. The number of Topliss-reactive ketones (excluding diaryl/α,β-unsaturated/α-hetero) is 1. The first kappa shape index (κ1) is 19.1. The van der Waals surface area contributed by atoms with Crippen molar-refractivity contribution in [2.24, 2.45) is 0 Å². The third-order valence-electron chi connectivity index (χ3n) is 5.36. The van der Waals surface area contributed by atoms with Crippen LogP contribution in [0.1, 0.15) is 36.4 Å². The Labute approximate surface area is 169 Å². The molecule has 1 amide bonds. The number of nitrogens with one attached hydrogen (secondary N) is 1. The monoisotopic (exact) mass is 389 g/mol. The van der Waals surface area contributed by atoms with E-state index in [0.717, 1.165) is 23.9 Å². The standard InChI is InChI=1S/C23H23N3O3/c1-15(26-12-9-17(10-13-26)18-6-5-11-24-14-18)23(28)25-21-19-7-3-4-8-20(19)29-22(21)16(2)27/h3-9,11,14-15H,10,12-13H2,1-2H3,(H,25,28). The van der Waals surface area contributed by atoms with E-state index in [1.54, 1.807) is 12.3 Å². The van der Waals surface area contributed by atoms with Crippen LogP contribution in [0.4, 0.5) is 5.69 Å². The molecule has 0 saturated heterocycles. The number of para-hydroxylation sites is 1. The molecule has 1 N–H and O–H groups in total. The smallest absolute Gasteiger partial charge is 0.241 e. The normalized spacial score (nSPS) is 15.7. The lowest BCUT2D eigenvalue weighted by Crippen LogP contribution is -2.44. The number of rotatable bonds is 5. The number of carbonyl (C=O) groups excluding carboxylic acids is 2. The molecule has 1 aliphatic heterocycles. The zero-order chi connectivity index (χ0) is 20.4. The Morgan fingerprint density at radius 3 is 2.72 bits per heavy atom. The van der Waals surface area contributed by atoms with Gasteiger partial charge in [-0.2, -0.15) is 0 Å². The quantitative estimate of drug-likeness (QED) is 0.664. The number of nitrogens with zero attached hydrogens (tertiary/aromatic N) is 2. The van der Waals surface area contributed by atoms with Gasteiger partial charge in [-0.3, -0.25) is 19.5 Å². The Bertz CT molecular complexity index is 1090. The van der Waals surface area contributed by atoms with Crippen LogP contribution >= 0.6 is 0 Å². The van der Waals surface area contributed by atoms with E-state index in [4.69, 9.17) is 4.42 Å². The minimum Gasteiger partial charge on any atom is -0.451 e.